The average molecular weight is 807 g/mol. The van der Waals surface area contributed by atoms with Gasteiger partial charge >= 0.3 is 17.9 Å². The summed E-state index contributed by atoms with van der Waals surface area (Å²) in [5, 5.41) is 0. The van der Waals surface area contributed by atoms with Crippen molar-refractivity contribution in [3.05, 3.63) is 0 Å². The number of esters is 3. The summed E-state index contributed by atoms with van der Waals surface area (Å²) in [6.07, 6.45) is 46.5. The van der Waals surface area contributed by atoms with Gasteiger partial charge in [-0.3, -0.25) is 14.4 Å². The van der Waals surface area contributed by atoms with Crippen LogP contribution in [0.5, 0.6) is 0 Å². The van der Waals surface area contributed by atoms with E-state index in [0.29, 0.717) is 19.3 Å². The Hall–Kier alpha value is -1.59. The Morgan fingerprint density at radius 3 is 0.860 bits per heavy atom. The van der Waals surface area contributed by atoms with Crippen LogP contribution in [0.1, 0.15) is 285 Å². The predicted molar refractivity (Wildman–Crippen MR) is 243 cm³/mol. The molecular weight excluding hydrogens is 709 g/mol. The first kappa shape index (κ1) is 55.4. The van der Waals surface area contributed by atoms with Crippen molar-refractivity contribution < 1.29 is 28.6 Å². The second-order valence-corrected chi connectivity index (χ2v) is 17.9. The van der Waals surface area contributed by atoms with E-state index in [1.165, 1.54) is 180 Å². The molecule has 0 rings (SSSR count). The van der Waals surface area contributed by atoms with Gasteiger partial charge in [0.2, 0.25) is 0 Å². The van der Waals surface area contributed by atoms with Crippen LogP contribution in [0.2, 0.25) is 0 Å². The number of unbranched alkanes of at least 4 members (excludes halogenated alkanes) is 33. The van der Waals surface area contributed by atoms with E-state index in [0.717, 1.165) is 63.7 Å². The number of carbonyl (C=O) groups excluding carboxylic acids is 3. The lowest BCUT2D eigenvalue weighted by molar-refractivity contribution is -0.167. The Labute approximate surface area is 355 Å². The highest BCUT2D eigenvalue weighted by molar-refractivity contribution is 5.71. The zero-order chi connectivity index (χ0) is 41.7. The molecule has 0 N–H and O–H groups in total. The fourth-order valence-electron chi connectivity index (χ4n) is 7.69. The summed E-state index contributed by atoms with van der Waals surface area (Å²) >= 11 is 0. The summed E-state index contributed by atoms with van der Waals surface area (Å²) in [5.41, 5.74) is 0. The van der Waals surface area contributed by atoms with Crippen molar-refractivity contribution >= 4 is 17.9 Å². The Morgan fingerprint density at radius 2 is 0.579 bits per heavy atom. The van der Waals surface area contributed by atoms with Gasteiger partial charge < -0.3 is 14.2 Å². The topological polar surface area (TPSA) is 78.9 Å². The standard InChI is InChI=1S/C51H98O6/c1-5-7-9-11-13-15-17-18-19-24-28-32-36-40-44-51(54)57-48(45-55-49(52)42-38-34-30-26-16-14-12-10-8-6-2)46-56-50(53)43-39-35-31-27-23-21-20-22-25-29-33-37-41-47(3)4/h47-48H,5-46H2,1-4H3/t48-/m0/s1. The maximum absolute atomic E-state index is 12.8. The van der Waals surface area contributed by atoms with E-state index < -0.39 is 6.10 Å². The van der Waals surface area contributed by atoms with Crippen LogP contribution in [-0.2, 0) is 28.6 Å². The number of ether oxygens (including phenoxy) is 3. The van der Waals surface area contributed by atoms with Gasteiger partial charge in [0.1, 0.15) is 13.2 Å². The number of carbonyl (C=O) groups is 3. The van der Waals surface area contributed by atoms with Gasteiger partial charge in [-0.05, 0) is 25.2 Å². The van der Waals surface area contributed by atoms with Crippen molar-refractivity contribution in [2.45, 2.75) is 291 Å². The van der Waals surface area contributed by atoms with Crippen molar-refractivity contribution in [2.24, 2.45) is 5.92 Å². The third kappa shape index (κ3) is 45.3. The maximum atomic E-state index is 12.8. The fraction of sp³-hybridized carbons (Fsp3) is 0.941. The van der Waals surface area contributed by atoms with E-state index >= 15 is 0 Å². The van der Waals surface area contributed by atoms with Crippen LogP contribution in [0.25, 0.3) is 0 Å². The lowest BCUT2D eigenvalue weighted by Gasteiger charge is -2.18. The van der Waals surface area contributed by atoms with Gasteiger partial charge in [0.15, 0.2) is 6.10 Å². The van der Waals surface area contributed by atoms with Crippen LogP contribution in [0.3, 0.4) is 0 Å². The van der Waals surface area contributed by atoms with Gasteiger partial charge in [-0.25, -0.2) is 0 Å². The molecule has 338 valence electrons. The first-order valence-electron chi connectivity index (χ1n) is 25.4. The molecule has 1 atom stereocenters. The highest BCUT2D eigenvalue weighted by atomic mass is 16.6. The summed E-state index contributed by atoms with van der Waals surface area (Å²) in [6.45, 7) is 9.01. The third-order valence-corrected chi connectivity index (χ3v) is 11.5. The molecule has 0 bridgehead atoms. The van der Waals surface area contributed by atoms with Crippen LogP contribution in [-0.4, -0.2) is 37.2 Å². The van der Waals surface area contributed by atoms with Crippen LogP contribution in [0.15, 0.2) is 0 Å². The lowest BCUT2D eigenvalue weighted by Crippen LogP contribution is -2.30. The molecule has 0 aromatic carbocycles. The molecule has 0 unspecified atom stereocenters. The monoisotopic (exact) mass is 807 g/mol. The lowest BCUT2D eigenvalue weighted by atomic mass is 10.0. The molecular formula is C51H98O6. The molecule has 0 radical (unpaired) electrons. The molecule has 0 fully saturated rings. The molecule has 0 aliphatic heterocycles. The van der Waals surface area contributed by atoms with E-state index in [-0.39, 0.29) is 31.1 Å². The number of hydrogen-bond donors (Lipinski definition) is 0. The van der Waals surface area contributed by atoms with E-state index in [9.17, 15) is 14.4 Å². The molecule has 0 aromatic heterocycles. The van der Waals surface area contributed by atoms with Crippen molar-refractivity contribution in [2.75, 3.05) is 13.2 Å². The van der Waals surface area contributed by atoms with Crippen molar-refractivity contribution in [3.63, 3.8) is 0 Å². The van der Waals surface area contributed by atoms with Crippen LogP contribution in [0, 0.1) is 5.92 Å². The first-order chi connectivity index (χ1) is 27.9. The van der Waals surface area contributed by atoms with Crippen molar-refractivity contribution in [1.82, 2.24) is 0 Å². The summed E-state index contributed by atoms with van der Waals surface area (Å²) in [6, 6.07) is 0. The second-order valence-electron chi connectivity index (χ2n) is 17.9. The van der Waals surface area contributed by atoms with Gasteiger partial charge in [0.05, 0.1) is 0 Å². The largest absolute Gasteiger partial charge is 0.462 e. The van der Waals surface area contributed by atoms with Gasteiger partial charge in [-0.2, -0.15) is 0 Å². The molecule has 0 aromatic rings. The first-order valence-corrected chi connectivity index (χ1v) is 25.4. The van der Waals surface area contributed by atoms with E-state index in [2.05, 4.69) is 27.7 Å². The van der Waals surface area contributed by atoms with Crippen molar-refractivity contribution in [3.8, 4) is 0 Å². The average Bonchev–Trinajstić information content (AvgIpc) is 3.19. The Morgan fingerprint density at radius 1 is 0.333 bits per heavy atom. The maximum Gasteiger partial charge on any atom is 0.306 e. The molecule has 0 amide bonds. The summed E-state index contributed by atoms with van der Waals surface area (Å²) in [5.74, 6) is -0.0128. The minimum Gasteiger partial charge on any atom is -0.462 e. The molecule has 0 saturated heterocycles. The van der Waals surface area contributed by atoms with Crippen molar-refractivity contribution in [1.29, 1.82) is 0 Å². The quantitative estimate of drug-likeness (QED) is 0.0346. The molecule has 6 heteroatoms. The molecule has 0 spiro atoms. The van der Waals surface area contributed by atoms with Gasteiger partial charge in [0, 0.05) is 19.3 Å². The minimum atomic E-state index is -0.759. The minimum absolute atomic E-state index is 0.0629. The Balaban J connectivity index is 4.29. The molecule has 57 heavy (non-hydrogen) atoms. The zero-order valence-electron chi connectivity index (χ0n) is 38.8. The van der Waals surface area contributed by atoms with Gasteiger partial charge in [-0.1, -0.05) is 246 Å². The van der Waals surface area contributed by atoms with Crippen LogP contribution >= 0.6 is 0 Å². The number of rotatable bonds is 46. The Bertz CT molecular complexity index is 857. The summed E-state index contributed by atoms with van der Waals surface area (Å²) in [4.78, 5) is 37.9. The molecule has 0 saturated carbocycles. The predicted octanol–water partition coefficient (Wildman–Crippen LogP) is 16.3. The van der Waals surface area contributed by atoms with Gasteiger partial charge in [0.25, 0.3) is 0 Å². The van der Waals surface area contributed by atoms with E-state index in [1.54, 1.807) is 0 Å². The summed E-state index contributed by atoms with van der Waals surface area (Å²) in [7, 11) is 0. The van der Waals surface area contributed by atoms with Crippen LogP contribution in [0.4, 0.5) is 0 Å². The molecule has 0 heterocycles. The highest BCUT2D eigenvalue weighted by Crippen LogP contribution is 2.17. The van der Waals surface area contributed by atoms with E-state index in [1.807, 2.05) is 0 Å². The molecule has 6 nitrogen and oxygen atoms in total. The fourth-order valence-corrected chi connectivity index (χ4v) is 7.69. The van der Waals surface area contributed by atoms with E-state index in [4.69, 9.17) is 14.2 Å². The Kier molecular flexibility index (Phi) is 44.2. The SMILES string of the molecule is CCCCCCCCCCCCCCCCC(=O)O[C@@H](COC(=O)CCCCCCCCCCCC)COC(=O)CCCCCCCCCCCCCCC(C)C. The normalized spacial score (nSPS) is 11.9. The second kappa shape index (κ2) is 45.5. The van der Waals surface area contributed by atoms with Gasteiger partial charge in [-0.15, -0.1) is 0 Å². The highest BCUT2D eigenvalue weighted by Gasteiger charge is 2.19. The zero-order valence-corrected chi connectivity index (χ0v) is 38.8. The third-order valence-electron chi connectivity index (χ3n) is 11.5. The molecule has 0 aliphatic carbocycles. The number of hydrogen-bond acceptors (Lipinski definition) is 6. The summed E-state index contributed by atoms with van der Waals surface area (Å²) < 4.78 is 16.8. The molecule has 0 aliphatic rings. The smallest absolute Gasteiger partial charge is 0.306 e. The van der Waals surface area contributed by atoms with Crippen LogP contribution < -0.4 is 0 Å².